The van der Waals surface area contributed by atoms with E-state index in [0.29, 0.717) is 23.6 Å². The smallest absolute Gasteiger partial charge is 0.310 e. The van der Waals surface area contributed by atoms with E-state index in [0.717, 1.165) is 0 Å². The van der Waals surface area contributed by atoms with E-state index in [2.05, 4.69) is 6.58 Å². The Hall–Kier alpha value is -2.42. The van der Waals surface area contributed by atoms with E-state index in [1.165, 1.54) is 9.80 Å². The molecule has 1 spiro atoms. The number of fused-ring (bicyclic) bond motifs is 1. The molecule has 196 valence electrons. The summed E-state index contributed by atoms with van der Waals surface area (Å²) in [5.41, 5.74) is -1.95. The fraction of sp³-hybridized carbons (Fsp3) is 0.593. The lowest BCUT2D eigenvalue weighted by atomic mass is 9.62. The lowest BCUT2D eigenvalue weighted by Crippen LogP contribution is -2.60. The van der Waals surface area contributed by atoms with Gasteiger partial charge in [0.15, 0.2) is 0 Å². The van der Waals surface area contributed by atoms with Gasteiger partial charge in [-0.25, -0.2) is 0 Å². The molecule has 3 unspecified atom stereocenters. The number of para-hydroxylation sites is 1. The zero-order valence-corrected chi connectivity index (χ0v) is 21.9. The van der Waals surface area contributed by atoms with Gasteiger partial charge in [-0.15, -0.1) is 6.58 Å². The molecule has 3 fully saturated rings. The summed E-state index contributed by atoms with van der Waals surface area (Å²) in [4.78, 5) is 44.0. The summed E-state index contributed by atoms with van der Waals surface area (Å²) < 4.78 is 6.56. The highest BCUT2D eigenvalue weighted by atomic mass is 35.5. The number of amides is 2. The van der Waals surface area contributed by atoms with Crippen LogP contribution in [0.3, 0.4) is 0 Å². The summed E-state index contributed by atoms with van der Waals surface area (Å²) in [5.74, 6) is -4.45. The molecule has 0 aromatic heterocycles. The standard InChI is InChI=1S/C27H35ClN2O6/c1-6-12-29(18-11-9-8-10-17(18)28)24(33)22-27-13-16(4)26(5,36-27)21(25(34)35)20(27)23(32)30(22)19(14-31)15(3)7-2/h6,8-11,15-16,19-22,31H,1,7,12-14H2,2-5H3,(H,34,35)/t15-,16?,19-,20-,21-,22?,26+,27?/m0/s1. The monoisotopic (exact) mass is 518 g/mol. The predicted molar refractivity (Wildman–Crippen MR) is 136 cm³/mol. The number of aliphatic hydroxyl groups is 1. The van der Waals surface area contributed by atoms with E-state index in [4.69, 9.17) is 16.3 Å². The molecule has 36 heavy (non-hydrogen) atoms. The molecule has 9 heteroatoms. The number of hydrogen-bond donors (Lipinski definition) is 2. The van der Waals surface area contributed by atoms with Gasteiger partial charge in [0.05, 0.1) is 34.9 Å². The third kappa shape index (κ3) is 3.60. The second-order valence-electron chi connectivity index (χ2n) is 10.6. The average molecular weight is 519 g/mol. The van der Waals surface area contributed by atoms with Crippen molar-refractivity contribution in [2.24, 2.45) is 23.7 Å². The van der Waals surface area contributed by atoms with Crippen LogP contribution in [0.25, 0.3) is 0 Å². The Bertz CT molecular complexity index is 1080. The van der Waals surface area contributed by atoms with Gasteiger partial charge in [-0.2, -0.15) is 0 Å². The molecule has 1 aromatic carbocycles. The van der Waals surface area contributed by atoms with Gasteiger partial charge in [-0.3, -0.25) is 14.4 Å². The molecule has 0 aliphatic carbocycles. The van der Waals surface area contributed by atoms with Crippen molar-refractivity contribution < 1.29 is 29.3 Å². The van der Waals surface area contributed by atoms with Gasteiger partial charge in [0.1, 0.15) is 17.6 Å². The number of rotatable bonds is 9. The topological polar surface area (TPSA) is 107 Å². The minimum atomic E-state index is -1.33. The van der Waals surface area contributed by atoms with E-state index < -0.39 is 52.9 Å². The van der Waals surface area contributed by atoms with Gasteiger partial charge >= 0.3 is 5.97 Å². The Morgan fingerprint density at radius 3 is 2.61 bits per heavy atom. The third-order valence-corrected chi connectivity index (χ3v) is 9.14. The quantitative estimate of drug-likeness (QED) is 0.485. The van der Waals surface area contributed by atoms with Crippen LogP contribution < -0.4 is 4.90 Å². The molecule has 3 heterocycles. The van der Waals surface area contributed by atoms with Crippen molar-refractivity contribution in [2.75, 3.05) is 18.1 Å². The van der Waals surface area contributed by atoms with Crippen LogP contribution in [-0.4, -0.2) is 69.3 Å². The molecule has 0 radical (unpaired) electrons. The molecule has 3 aliphatic rings. The van der Waals surface area contributed by atoms with Crippen molar-refractivity contribution in [3.05, 3.63) is 41.9 Å². The second kappa shape index (κ2) is 9.47. The maximum atomic E-state index is 14.5. The zero-order valence-electron chi connectivity index (χ0n) is 21.2. The number of carboxylic acid groups (broad SMARTS) is 1. The predicted octanol–water partition coefficient (Wildman–Crippen LogP) is 3.36. The molecule has 2 bridgehead atoms. The molecular weight excluding hydrogens is 484 g/mol. The van der Waals surface area contributed by atoms with Crippen molar-refractivity contribution in [3.8, 4) is 0 Å². The lowest BCUT2D eigenvalue weighted by Gasteiger charge is -2.41. The van der Waals surface area contributed by atoms with Crippen LogP contribution in [0.4, 0.5) is 5.69 Å². The first-order chi connectivity index (χ1) is 17.0. The maximum absolute atomic E-state index is 14.5. The number of benzene rings is 1. The van der Waals surface area contributed by atoms with Crippen molar-refractivity contribution in [2.45, 2.75) is 63.8 Å². The highest BCUT2D eigenvalue weighted by Crippen LogP contribution is 2.65. The number of likely N-dealkylation sites (tertiary alicyclic amines) is 1. The summed E-state index contributed by atoms with van der Waals surface area (Å²) in [6.45, 7) is 11.1. The summed E-state index contributed by atoms with van der Waals surface area (Å²) >= 11 is 6.47. The van der Waals surface area contributed by atoms with Gasteiger partial charge in [0.25, 0.3) is 5.91 Å². The number of carbonyl (C=O) groups is 3. The van der Waals surface area contributed by atoms with Crippen LogP contribution >= 0.6 is 11.6 Å². The largest absolute Gasteiger partial charge is 0.481 e. The molecule has 8 atom stereocenters. The first kappa shape index (κ1) is 26.6. The number of ether oxygens (including phenoxy) is 1. The van der Waals surface area contributed by atoms with E-state index in [1.807, 2.05) is 20.8 Å². The number of hydrogen-bond acceptors (Lipinski definition) is 5. The second-order valence-corrected chi connectivity index (χ2v) is 11.0. The number of anilines is 1. The van der Waals surface area contributed by atoms with Crippen LogP contribution in [0, 0.1) is 23.7 Å². The normalized spacial score (nSPS) is 34.4. The van der Waals surface area contributed by atoms with E-state index in [1.54, 1.807) is 37.3 Å². The van der Waals surface area contributed by atoms with E-state index in [-0.39, 0.29) is 25.0 Å². The first-order valence-electron chi connectivity index (χ1n) is 12.5. The third-order valence-electron chi connectivity index (χ3n) is 8.82. The van der Waals surface area contributed by atoms with Crippen LogP contribution in [-0.2, 0) is 19.1 Å². The highest BCUT2D eigenvalue weighted by Gasteiger charge is 2.80. The van der Waals surface area contributed by atoms with Crippen molar-refractivity contribution in [3.63, 3.8) is 0 Å². The number of aliphatic hydroxyl groups excluding tert-OH is 1. The number of aliphatic carboxylic acids is 1. The van der Waals surface area contributed by atoms with Gasteiger partial charge in [-0.1, -0.05) is 57.0 Å². The summed E-state index contributed by atoms with van der Waals surface area (Å²) in [5, 5.41) is 21.0. The van der Waals surface area contributed by atoms with Crippen LogP contribution in [0.15, 0.2) is 36.9 Å². The molecule has 1 aromatic rings. The molecule has 2 N–H and O–H groups in total. The number of halogens is 1. The fourth-order valence-corrected chi connectivity index (χ4v) is 7.00. The molecule has 8 nitrogen and oxygen atoms in total. The van der Waals surface area contributed by atoms with Gasteiger partial charge in [-0.05, 0) is 37.3 Å². The Labute approximate surface area is 216 Å². The van der Waals surface area contributed by atoms with Crippen molar-refractivity contribution >= 4 is 35.1 Å². The van der Waals surface area contributed by atoms with Crippen molar-refractivity contribution in [1.29, 1.82) is 0 Å². The first-order valence-corrected chi connectivity index (χ1v) is 12.9. The van der Waals surface area contributed by atoms with E-state index in [9.17, 15) is 24.6 Å². The Morgan fingerprint density at radius 2 is 2.06 bits per heavy atom. The summed E-state index contributed by atoms with van der Waals surface area (Å²) in [7, 11) is 0. The van der Waals surface area contributed by atoms with Gasteiger partial charge < -0.3 is 24.7 Å². The zero-order chi connectivity index (χ0) is 26.6. The number of nitrogens with zero attached hydrogens (tertiary/aromatic N) is 2. The fourth-order valence-electron chi connectivity index (χ4n) is 6.76. The van der Waals surface area contributed by atoms with Crippen LogP contribution in [0.5, 0.6) is 0 Å². The molecule has 2 amide bonds. The highest BCUT2D eigenvalue weighted by molar-refractivity contribution is 6.34. The van der Waals surface area contributed by atoms with Crippen molar-refractivity contribution in [1.82, 2.24) is 4.90 Å². The number of carbonyl (C=O) groups excluding carboxylic acids is 2. The maximum Gasteiger partial charge on any atom is 0.310 e. The van der Waals surface area contributed by atoms with Crippen LogP contribution in [0.2, 0.25) is 5.02 Å². The summed E-state index contributed by atoms with van der Waals surface area (Å²) in [6, 6.07) is 5.12. The minimum Gasteiger partial charge on any atom is -0.481 e. The van der Waals surface area contributed by atoms with Gasteiger partial charge in [0, 0.05) is 6.54 Å². The van der Waals surface area contributed by atoms with Crippen LogP contribution in [0.1, 0.15) is 40.5 Å². The molecule has 3 aliphatic heterocycles. The number of carboxylic acids is 1. The Balaban J connectivity index is 1.92. The lowest BCUT2D eigenvalue weighted by molar-refractivity contribution is -0.158. The Kier molecular flexibility index (Phi) is 7.01. The summed E-state index contributed by atoms with van der Waals surface area (Å²) in [6.07, 6.45) is 2.60. The molecular formula is C27H35ClN2O6. The van der Waals surface area contributed by atoms with E-state index >= 15 is 0 Å². The SMILES string of the molecule is C=CCN(C(=O)C1N([C@@H](CO)[C@@H](C)CC)C(=O)[C@@H]2[C@@H](C(=O)O)[C@]3(C)OC12CC3C)c1ccccc1Cl. The molecule has 4 rings (SSSR count). The molecule has 0 saturated carbocycles. The molecule has 3 saturated heterocycles. The Morgan fingerprint density at radius 1 is 1.39 bits per heavy atom. The van der Waals surface area contributed by atoms with Gasteiger partial charge in [0.2, 0.25) is 5.91 Å². The minimum absolute atomic E-state index is 0.129. The average Bonchev–Trinajstić information content (AvgIpc) is 3.35.